The Balaban J connectivity index is 1.50. The number of hydrogen-bond acceptors (Lipinski definition) is 6. The number of carbonyl (C=O) groups excluding carboxylic acids is 1. The molecule has 108 valence electrons. The normalized spacial score (nSPS) is 10.9. The molecule has 0 radical (unpaired) electrons. The van der Waals surface area contributed by atoms with Gasteiger partial charge in [-0.3, -0.25) is 9.78 Å². The van der Waals surface area contributed by atoms with E-state index in [0.29, 0.717) is 12.3 Å². The summed E-state index contributed by atoms with van der Waals surface area (Å²) in [6.07, 6.45) is 5.27. The maximum atomic E-state index is 11.8. The Labute approximate surface area is 129 Å². The summed E-state index contributed by atoms with van der Waals surface area (Å²) in [5.74, 6) is 0.362. The predicted molar refractivity (Wildman–Crippen MR) is 82.4 cm³/mol. The Morgan fingerprint density at radius 1 is 1.43 bits per heavy atom. The van der Waals surface area contributed by atoms with Gasteiger partial charge in [-0.2, -0.15) is 5.10 Å². The first-order chi connectivity index (χ1) is 10.2. The first kappa shape index (κ1) is 14.0. The number of rotatable bonds is 5. The third-order valence-corrected chi connectivity index (χ3v) is 4.53. The molecule has 0 saturated carbocycles. The van der Waals surface area contributed by atoms with Crippen LogP contribution in [0.1, 0.15) is 10.7 Å². The molecule has 0 aliphatic carbocycles. The van der Waals surface area contributed by atoms with Crippen LogP contribution in [0.4, 0.5) is 0 Å². The zero-order valence-electron chi connectivity index (χ0n) is 11.3. The summed E-state index contributed by atoms with van der Waals surface area (Å²) in [4.78, 5) is 22.0. The standard InChI is InChI=1S/C13H13N5OS2/c1-9-17-18-7-10(16-13(18)21-9)6-15-12(19)8-20-11-2-4-14-5-3-11/h2-5,7H,6,8H2,1H3,(H,15,19). The van der Waals surface area contributed by atoms with Gasteiger partial charge in [0, 0.05) is 17.3 Å². The molecular weight excluding hydrogens is 306 g/mol. The smallest absolute Gasteiger partial charge is 0.230 e. The molecule has 21 heavy (non-hydrogen) atoms. The van der Waals surface area contributed by atoms with Gasteiger partial charge in [-0.15, -0.1) is 11.8 Å². The van der Waals surface area contributed by atoms with Gasteiger partial charge in [-0.25, -0.2) is 9.50 Å². The van der Waals surface area contributed by atoms with Crippen molar-refractivity contribution in [3.63, 3.8) is 0 Å². The second-order valence-electron chi connectivity index (χ2n) is 4.33. The van der Waals surface area contributed by atoms with Gasteiger partial charge in [-0.1, -0.05) is 11.3 Å². The van der Waals surface area contributed by atoms with Crippen LogP contribution in [0.3, 0.4) is 0 Å². The van der Waals surface area contributed by atoms with E-state index >= 15 is 0 Å². The molecule has 3 aromatic rings. The fourth-order valence-corrected chi connectivity index (χ4v) is 3.21. The number of aromatic nitrogens is 4. The van der Waals surface area contributed by atoms with E-state index in [0.717, 1.165) is 20.6 Å². The zero-order valence-corrected chi connectivity index (χ0v) is 12.9. The predicted octanol–water partition coefficient (Wildman–Crippen LogP) is 1.90. The number of aryl methyl sites for hydroxylation is 1. The fourth-order valence-electron chi connectivity index (χ4n) is 1.75. The summed E-state index contributed by atoms with van der Waals surface area (Å²) in [6, 6.07) is 3.77. The first-order valence-corrected chi connectivity index (χ1v) is 8.12. The highest BCUT2D eigenvalue weighted by Gasteiger charge is 2.07. The van der Waals surface area contributed by atoms with E-state index in [-0.39, 0.29) is 5.91 Å². The summed E-state index contributed by atoms with van der Waals surface area (Å²) in [5, 5.41) is 8.12. The highest BCUT2D eigenvalue weighted by Crippen LogP contribution is 2.16. The molecule has 3 rings (SSSR count). The minimum atomic E-state index is -0.0164. The summed E-state index contributed by atoms with van der Waals surface area (Å²) in [5.41, 5.74) is 0.816. The van der Waals surface area contributed by atoms with Gasteiger partial charge < -0.3 is 5.32 Å². The maximum Gasteiger partial charge on any atom is 0.230 e. The minimum Gasteiger partial charge on any atom is -0.350 e. The van der Waals surface area contributed by atoms with Crippen molar-refractivity contribution in [3.05, 3.63) is 41.4 Å². The molecule has 0 fully saturated rings. The van der Waals surface area contributed by atoms with Crippen molar-refractivity contribution in [1.29, 1.82) is 0 Å². The maximum absolute atomic E-state index is 11.8. The molecule has 3 heterocycles. The first-order valence-electron chi connectivity index (χ1n) is 6.32. The Hall–Kier alpha value is -1.93. The third-order valence-electron chi connectivity index (χ3n) is 2.68. The topological polar surface area (TPSA) is 72.2 Å². The van der Waals surface area contributed by atoms with Gasteiger partial charge in [0.1, 0.15) is 5.01 Å². The van der Waals surface area contributed by atoms with Crippen LogP contribution in [0.25, 0.3) is 4.96 Å². The van der Waals surface area contributed by atoms with Gasteiger partial charge in [0.05, 0.1) is 24.2 Å². The Morgan fingerprint density at radius 3 is 3.00 bits per heavy atom. The SMILES string of the molecule is Cc1nn2cc(CNC(=O)CSc3ccncc3)nc2s1. The highest BCUT2D eigenvalue weighted by molar-refractivity contribution is 8.00. The van der Waals surface area contributed by atoms with Crippen LogP contribution in [0.2, 0.25) is 0 Å². The van der Waals surface area contributed by atoms with Crippen molar-refractivity contribution >= 4 is 34.0 Å². The molecule has 0 aliphatic rings. The number of pyridine rings is 1. The molecule has 1 amide bonds. The quantitative estimate of drug-likeness (QED) is 0.727. The van der Waals surface area contributed by atoms with E-state index in [2.05, 4.69) is 20.4 Å². The zero-order chi connectivity index (χ0) is 14.7. The van der Waals surface area contributed by atoms with Crippen molar-refractivity contribution in [2.24, 2.45) is 0 Å². The number of imidazole rings is 1. The van der Waals surface area contributed by atoms with Crippen molar-refractivity contribution in [2.45, 2.75) is 18.4 Å². The van der Waals surface area contributed by atoms with Crippen LogP contribution in [0, 0.1) is 6.92 Å². The second kappa shape index (κ2) is 6.23. The molecule has 0 aliphatic heterocycles. The lowest BCUT2D eigenvalue weighted by molar-refractivity contribution is -0.118. The van der Waals surface area contributed by atoms with E-state index in [1.807, 2.05) is 25.3 Å². The number of amides is 1. The average Bonchev–Trinajstić information content (AvgIpc) is 3.01. The molecule has 8 heteroatoms. The molecule has 0 spiro atoms. The largest absolute Gasteiger partial charge is 0.350 e. The van der Waals surface area contributed by atoms with Crippen molar-refractivity contribution in [1.82, 2.24) is 24.9 Å². The molecule has 0 bridgehead atoms. The van der Waals surface area contributed by atoms with Crippen LogP contribution >= 0.6 is 23.1 Å². The summed E-state index contributed by atoms with van der Waals surface area (Å²) in [7, 11) is 0. The molecule has 1 N–H and O–H groups in total. The van der Waals surface area contributed by atoms with E-state index < -0.39 is 0 Å². The van der Waals surface area contributed by atoms with E-state index in [1.165, 1.54) is 23.1 Å². The average molecular weight is 319 g/mol. The van der Waals surface area contributed by atoms with E-state index in [4.69, 9.17) is 0 Å². The lowest BCUT2D eigenvalue weighted by Gasteiger charge is -2.03. The lowest BCUT2D eigenvalue weighted by Crippen LogP contribution is -2.24. The molecule has 0 saturated heterocycles. The Kier molecular flexibility index (Phi) is 4.16. The number of nitrogens with one attached hydrogen (secondary N) is 1. The van der Waals surface area contributed by atoms with E-state index in [9.17, 15) is 4.79 Å². The van der Waals surface area contributed by atoms with Crippen molar-refractivity contribution in [3.8, 4) is 0 Å². The van der Waals surface area contributed by atoms with Crippen LogP contribution in [0.5, 0.6) is 0 Å². The summed E-state index contributed by atoms with van der Waals surface area (Å²) < 4.78 is 1.74. The molecule has 6 nitrogen and oxygen atoms in total. The van der Waals surface area contributed by atoms with Crippen LogP contribution in [0.15, 0.2) is 35.6 Å². The van der Waals surface area contributed by atoms with Gasteiger partial charge in [0.25, 0.3) is 0 Å². The van der Waals surface area contributed by atoms with E-state index in [1.54, 1.807) is 16.9 Å². The van der Waals surface area contributed by atoms with Crippen LogP contribution in [-0.2, 0) is 11.3 Å². The highest BCUT2D eigenvalue weighted by atomic mass is 32.2. The molecule has 0 unspecified atom stereocenters. The van der Waals surface area contributed by atoms with Gasteiger partial charge in [0.2, 0.25) is 10.9 Å². The van der Waals surface area contributed by atoms with Gasteiger partial charge in [0.15, 0.2) is 0 Å². The minimum absolute atomic E-state index is 0.0164. The monoisotopic (exact) mass is 319 g/mol. The van der Waals surface area contributed by atoms with Crippen molar-refractivity contribution < 1.29 is 4.79 Å². The summed E-state index contributed by atoms with van der Waals surface area (Å²) in [6.45, 7) is 2.36. The Morgan fingerprint density at radius 2 is 2.24 bits per heavy atom. The number of hydrogen-bond donors (Lipinski definition) is 1. The molecule has 0 atom stereocenters. The molecule has 3 aromatic heterocycles. The number of carbonyl (C=O) groups is 1. The Bertz CT molecular complexity index is 721. The second-order valence-corrected chi connectivity index (χ2v) is 6.54. The van der Waals surface area contributed by atoms with Crippen molar-refractivity contribution in [2.75, 3.05) is 5.75 Å². The molecular formula is C13H13N5OS2. The third kappa shape index (κ3) is 3.59. The summed E-state index contributed by atoms with van der Waals surface area (Å²) >= 11 is 3.02. The van der Waals surface area contributed by atoms with Gasteiger partial charge in [-0.05, 0) is 19.1 Å². The lowest BCUT2D eigenvalue weighted by atomic mass is 10.4. The van der Waals surface area contributed by atoms with Crippen LogP contribution < -0.4 is 5.32 Å². The number of thioether (sulfide) groups is 1. The van der Waals surface area contributed by atoms with Gasteiger partial charge >= 0.3 is 0 Å². The fraction of sp³-hybridized carbons (Fsp3) is 0.231. The number of fused-ring (bicyclic) bond motifs is 1. The van der Waals surface area contributed by atoms with Crippen LogP contribution in [-0.4, -0.2) is 31.2 Å². The molecule has 0 aromatic carbocycles. The number of nitrogens with zero attached hydrogens (tertiary/aromatic N) is 4.